The van der Waals surface area contributed by atoms with Crippen molar-refractivity contribution in [3.63, 3.8) is 0 Å². The molecule has 0 aromatic carbocycles. The van der Waals surface area contributed by atoms with Crippen molar-refractivity contribution in [3.05, 3.63) is 24.8 Å². The second-order valence-corrected chi connectivity index (χ2v) is 4.10. The van der Waals surface area contributed by atoms with Gasteiger partial charge in [0.15, 0.2) is 5.82 Å². The number of nitrogens with zero attached hydrogens (tertiary/aromatic N) is 4. The van der Waals surface area contributed by atoms with Gasteiger partial charge in [0, 0.05) is 6.20 Å². The average Bonchev–Trinajstić information content (AvgIpc) is 2.52. The molecule has 1 rings (SSSR count). The van der Waals surface area contributed by atoms with Gasteiger partial charge in [0.25, 0.3) is 0 Å². The minimum atomic E-state index is 0.352. The van der Waals surface area contributed by atoms with Crippen molar-refractivity contribution in [2.24, 2.45) is 0 Å². The molecule has 1 aromatic heterocycles. The summed E-state index contributed by atoms with van der Waals surface area (Å²) in [6.07, 6.45) is 3.14. The first-order chi connectivity index (χ1) is 6.66. The molecule has 0 aliphatic rings. The molecule has 14 heavy (non-hydrogen) atoms. The van der Waals surface area contributed by atoms with Crippen LogP contribution in [0, 0.1) is 5.41 Å². The van der Waals surface area contributed by atoms with Crippen LogP contribution >= 0.6 is 45.5 Å². The van der Waals surface area contributed by atoms with Crippen molar-refractivity contribution in [2.45, 2.75) is 0 Å². The van der Waals surface area contributed by atoms with Crippen LogP contribution in [0.15, 0.2) is 19.0 Å². The van der Waals surface area contributed by atoms with Crippen LogP contribution in [-0.2, 0) is 0 Å². The molecule has 2 N–H and O–H groups in total. The van der Waals surface area contributed by atoms with Gasteiger partial charge in [-0.2, -0.15) is 2.90 Å². The average molecular weight is 416 g/mol. The number of rotatable bonds is 4. The van der Waals surface area contributed by atoms with Crippen LogP contribution < -0.4 is 5.32 Å². The van der Waals surface area contributed by atoms with Crippen LogP contribution in [0.3, 0.4) is 0 Å². The smallest absolute Gasteiger partial charge is 0.196 e. The lowest BCUT2D eigenvalue weighted by Gasteiger charge is -2.00. The van der Waals surface area contributed by atoms with Crippen LogP contribution in [0.5, 0.6) is 0 Å². The summed E-state index contributed by atoms with van der Waals surface area (Å²) in [7, 11) is 0. The Bertz CT molecular complexity index is 381. The van der Waals surface area contributed by atoms with Gasteiger partial charge in [-0.25, -0.2) is 0 Å². The van der Waals surface area contributed by atoms with Crippen molar-refractivity contribution in [1.82, 2.24) is 23.7 Å². The maximum absolute atomic E-state index is 7.53. The first-order valence-corrected chi connectivity index (χ1v) is 5.47. The summed E-state index contributed by atoms with van der Waals surface area (Å²) in [6, 6.07) is 0. The fraction of sp³-hybridized carbons (Fsp3) is 0. The molecule has 1 heterocycles. The predicted octanol–water partition coefficient (Wildman–Crippen LogP) is 1.36. The van der Waals surface area contributed by atoms with Gasteiger partial charge in [0.2, 0.25) is 0 Å². The Hall–Kier alpha value is -0.520. The number of nitrogens with one attached hydrogen (secondary N) is 2. The zero-order valence-electron chi connectivity index (χ0n) is 6.91. The highest BCUT2D eigenvalue weighted by molar-refractivity contribution is 14.1. The molecule has 0 spiro atoms. The fourth-order valence-electron chi connectivity index (χ4n) is 0.698. The zero-order valence-corrected chi connectivity index (χ0v) is 11.2. The number of allylic oxidation sites excluding steroid dienone is 1. The number of tetrazole rings is 1. The maximum atomic E-state index is 7.53. The van der Waals surface area contributed by atoms with Gasteiger partial charge in [0.05, 0.1) is 28.4 Å². The van der Waals surface area contributed by atoms with E-state index < -0.39 is 0 Å². The summed E-state index contributed by atoms with van der Waals surface area (Å²) in [4.78, 5) is 0. The van der Waals surface area contributed by atoms with E-state index in [1.54, 1.807) is 6.20 Å². The Morgan fingerprint density at radius 1 is 1.64 bits per heavy atom. The van der Waals surface area contributed by atoms with Gasteiger partial charge in [-0.15, -0.1) is 5.10 Å². The van der Waals surface area contributed by atoms with Gasteiger partial charge in [-0.1, -0.05) is 6.58 Å². The normalized spacial score (nSPS) is 11.1. The summed E-state index contributed by atoms with van der Waals surface area (Å²) in [6.45, 7) is 3.51. The molecular formula is C6H6I2N6. The monoisotopic (exact) mass is 416 g/mol. The predicted molar refractivity (Wildman–Crippen MR) is 70.3 cm³/mol. The molecule has 0 atom stereocenters. The van der Waals surface area contributed by atoms with E-state index in [2.05, 4.69) is 27.4 Å². The van der Waals surface area contributed by atoms with Gasteiger partial charge in [-0.05, 0) is 39.2 Å². The van der Waals surface area contributed by atoms with Gasteiger partial charge in [-0.3, -0.25) is 5.41 Å². The van der Waals surface area contributed by atoms with Crippen LogP contribution in [0.4, 0.5) is 0 Å². The molecule has 6 nitrogen and oxygen atoms in total. The largest absolute Gasteiger partial charge is 0.367 e. The Kier molecular flexibility index (Phi) is 4.44. The minimum absolute atomic E-state index is 0.352. The SMILES string of the molecule is C=CNC=C(C(=N)I)c1nnnn1I. The zero-order chi connectivity index (χ0) is 10.6. The van der Waals surface area contributed by atoms with E-state index in [4.69, 9.17) is 5.41 Å². The Balaban J connectivity index is 3.06. The highest BCUT2D eigenvalue weighted by Gasteiger charge is 2.12. The third-order valence-electron chi connectivity index (χ3n) is 1.26. The Morgan fingerprint density at radius 3 is 2.79 bits per heavy atom. The van der Waals surface area contributed by atoms with Crippen molar-refractivity contribution < 1.29 is 0 Å². The molecule has 0 bridgehead atoms. The molecule has 0 aliphatic carbocycles. The molecule has 0 saturated carbocycles. The van der Waals surface area contributed by atoms with E-state index >= 15 is 0 Å². The van der Waals surface area contributed by atoms with Crippen LogP contribution in [0.25, 0.3) is 5.57 Å². The van der Waals surface area contributed by atoms with Crippen molar-refractivity contribution >= 4 is 54.7 Å². The summed E-state index contributed by atoms with van der Waals surface area (Å²) in [5.74, 6) is 0.527. The van der Waals surface area contributed by atoms with Gasteiger partial charge < -0.3 is 5.32 Å². The first kappa shape index (κ1) is 11.6. The lowest BCUT2D eigenvalue weighted by molar-refractivity contribution is 0.870. The topological polar surface area (TPSA) is 79.5 Å². The van der Waals surface area contributed by atoms with Gasteiger partial charge in [0.1, 0.15) is 3.72 Å². The standard InChI is InChI=1S/C6H6I2N6/c1-2-10-3-4(5(7)9)6-11-12-13-14(6)8/h2-3,9-10H,1H2. The molecule has 8 heteroatoms. The number of halogens is 2. The van der Waals surface area contributed by atoms with E-state index in [1.807, 2.05) is 45.5 Å². The molecule has 1 aromatic rings. The molecule has 0 fully saturated rings. The third kappa shape index (κ3) is 2.73. The molecule has 74 valence electrons. The summed E-state index contributed by atoms with van der Waals surface area (Å²) in [5.41, 5.74) is 0.616. The first-order valence-electron chi connectivity index (χ1n) is 3.43. The molecule has 0 aliphatic heterocycles. The van der Waals surface area contributed by atoms with Crippen molar-refractivity contribution in [2.75, 3.05) is 0 Å². The maximum Gasteiger partial charge on any atom is 0.196 e. The van der Waals surface area contributed by atoms with E-state index in [0.717, 1.165) is 0 Å². The molecular weight excluding hydrogens is 410 g/mol. The molecule has 0 unspecified atom stereocenters. The fourth-order valence-corrected chi connectivity index (χ4v) is 1.54. The Morgan fingerprint density at radius 2 is 2.36 bits per heavy atom. The second-order valence-electron chi connectivity index (χ2n) is 2.11. The highest BCUT2D eigenvalue weighted by Crippen LogP contribution is 2.16. The van der Waals surface area contributed by atoms with Gasteiger partial charge >= 0.3 is 0 Å². The van der Waals surface area contributed by atoms with E-state index in [9.17, 15) is 0 Å². The van der Waals surface area contributed by atoms with Crippen molar-refractivity contribution in [1.29, 1.82) is 5.41 Å². The second kappa shape index (κ2) is 5.38. The lowest BCUT2D eigenvalue weighted by Crippen LogP contribution is -2.03. The van der Waals surface area contributed by atoms with E-state index in [1.165, 1.54) is 9.10 Å². The van der Waals surface area contributed by atoms with E-state index in [0.29, 0.717) is 15.1 Å². The summed E-state index contributed by atoms with van der Waals surface area (Å²) >= 11 is 3.83. The third-order valence-corrected chi connectivity index (χ3v) is 2.49. The van der Waals surface area contributed by atoms with Crippen LogP contribution in [0.2, 0.25) is 0 Å². The van der Waals surface area contributed by atoms with Crippen LogP contribution in [-0.4, -0.2) is 22.1 Å². The highest BCUT2D eigenvalue weighted by atomic mass is 127. The molecule has 0 saturated heterocycles. The Labute approximate surface area is 108 Å². The molecule has 0 radical (unpaired) electrons. The number of hydrogen-bond acceptors (Lipinski definition) is 5. The number of aromatic nitrogens is 4. The van der Waals surface area contributed by atoms with Crippen LogP contribution in [0.1, 0.15) is 5.82 Å². The quantitative estimate of drug-likeness (QED) is 0.574. The summed E-state index contributed by atoms with van der Waals surface area (Å²) < 4.78 is 1.83. The minimum Gasteiger partial charge on any atom is -0.367 e. The van der Waals surface area contributed by atoms with E-state index in [-0.39, 0.29) is 0 Å². The van der Waals surface area contributed by atoms with Crippen molar-refractivity contribution in [3.8, 4) is 0 Å². The summed E-state index contributed by atoms with van der Waals surface area (Å²) in [5, 5.41) is 21.3. The lowest BCUT2D eigenvalue weighted by atomic mass is 10.3. The number of hydrogen-bond donors (Lipinski definition) is 2. The molecule has 0 amide bonds.